The van der Waals surface area contributed by atoms with Crippen molar-refractivity contribution in [3.8, 4) is 0 Å². The minimum atomic E-state index is -3.88. The molecule has 0 saturated carbocycles. The number of sulfonamides is 1. The van der Waals surface area contributed by atoms with Crippen LogP contribution in [-0.2, 0) is 16.6 Å². The summed E-state index contributed by atoms with van der Waals surface area (Å²) in [6.07, 6.45) is 2.96. The fourth-order valence-corrected chi connectivity index (χ4v) is 4.59. The van der Waals surface area contributed by atoms with Crippen molar-refractivity contribution in [3.63, 3.8) is 0 Å². The average molecular weight is 394 g/mol. The number of carbonyl (C=O) groups excluding carboxylic acids is 1. The number of aromatic nitrogens is 2. The maximum absolute atomic E-state index is 13.4. The van der Waals surface area contributed by atoms with Crippen LogP contribution in [0.15, 0.2) is 35.5 Å². The lowest BCUT2D eigenvalue weighted by Gasteiger charge is -2.28. The second-order valence-electron chi connectivity index (χ2n) is 6.75. The first kappa shape index (κ1) is 19.5. The van der Waals surface area contributed by atoms with Crippen molar-refractivity contribution in [2.45, 2.75) is 38.3 Å². The molecule has 0 unspecified atom stereocenters. The molecular weight excluding hydrogens is 371 g/mol. The van der Waals surface area contributed by atoms with Gasteiger partial charge in [0.1, 0.15) is 5.82 Å². The molecule has 9 heteroatoms. The van der Waals surface area contributed by atoms with Crippen LogP contribution in [-0.4, -0.2) is 41.5 Å². The van der Waals surface area contributed by atoms with Gasteiger partial charge >= 0.3 is 0 Å². The minimum absolute atomic E-state index is 0.0419. The maximum Gasteiger partial charge on any atom is 0.263 e. The lowest BCUT2D eigenvalue weighted by Crippen LogP contribution is -2.38. The van der Waals surface area contributed by atoms with E-state index in [2.05, 4.69) is 17.3 Å². The number of piperidine rings is 1. The van der Waals surface area contributed by atoms with Gasteiger partial charge < -0.3 is 5.32 Å². The zero-order chi connectivity index (χ0) is 19.6. The van der Waals surface area contributed by atoms with Gasteiger partial charge in [-0.1, -0.05) is 13.0 Å². The van der Waals surface area contributed by atoms with Crippen LogP contribution in [0.25, 0.3) is 0 Å². The first-order valence-electron chi connectivity index (χ1n) is 8.95. The molecule has 7 nitrogen and oxygen atoms in total. The van der Waals surface area contributed by atoms with E-state index >= 15 is 0 Å². The van der Waals surface area contributed by atoms with Crippen molar-refractivity contribution in [1.82, 2.24) is 14.1 Å². The predicted octanol–water partition coefficient (Wildman–Crippen LogP) is 2.72. The monoisotopic (exact) mass is 394 g/mol. The standard InChI is InChI=1S/C18H23FN4O3S/c1-3-22-12-16(17(24)20-15-6-4-5-14(19)11-15)18(21-22)27(25,26)23-9-7-13(2)8-10-23/h4-6,11-13H,3,7-10H2,1-2H3,(H,20,24). The number of hydrogen-bond donors (Lipinski definition) is 1. The Kier molecular flexibility index (Phi) is 5.61. The molecule has 2 heterocycles. The van der Waals surface area contributed by atoms with Crippen LogP contribution in [0, 0.1) is 11.7 Å². The number of amides is 1. The summed E-state index contributed by atoms with van der Waals surface area (Å²) in [4.78, 5) is 12.7. The predicted molar refractivity (Wildman–Crippen MR) is 99.4 cm³/mol. The number of carbonyl (C=O) groups is 1. The molecule has 0 bridgehead atoms. The normalized spacial score (nSPS) is 16.4. The molecule has 0 spiro atoms. The van der Waals surface area contributed by atoms with Crippen LogP contribution in [0.3, 0.4) is 0 Å². The molecule has 1 fully saturated rings. The Balaban J connectivity index is 1.92. The minimum Gasteiger partial charge on any atom is -0.322 e. The smallest absolute Gasteiger partial charge is 0.263 e. The van der Waals surface area contributed by atoms with Gasteiger partial charge in [0, 0.05) is 31.5 Å². The van der Waals surface area contributed by atoms with Crippen LogP contribution in [0.5, 0.6) is 0 Å². The van der Waals surface area contributed by atoms with Crippen molar-refractivity contribution < 1.29 is 17.6 Å². The van der Waals surface area contributed by atoms with Crippen molar-refractivity contribution in [2.24, 2.45) is 5.92 Å². The number of halogens is 1. The van der Waals surface area contributed by atoms with E-state index in [1.807, 2.05) is 0 Å². The highest BCUT2D eigenvalue weighted by atomic mass is 32.2. The summed E-state index contributed by atoms with van der Waals surface area (Å²) in [7, 11) is -3.88. The topological polar surface area (TPSA) is 84.3 Å². The molecular formula is C18H23FN4O3S. The van der Waals surface area contributed by atoms with Crippen molar-refractivity contribution in [3.05, 3.63) is 41.8 Å². The summed E-state index contributed by atoms with van der Waals surface area (Å²) in [6, 6.07) is 5.43. The second-order valence-corrected chi connectivity index (χ2v) is 8.61. The Bertz CT molecular complexity index is 934. The van der Waals surface area contributed by atoms with Crippen LogP contribution < -0.4 is 5.32 Å². The Morgan fingerprint density at radius 3 is 2.67 bits per heavy atom. The number of nitrogens with one attached hydrogen (secondary N) is 1. The van der Waals surface area contributed by atoms with E-state index in [1.54, 1.807) is 6.92 Å². The SMILES string of the molecule is CCn1cc(C(=O)Nc2cccc(F)c2)c(S(=O)(=O)N2CCC(C)CC2)n1. The maximum atomic E-state index is 13.4. The van der Waals surface area contributed by atoms with Crippen molar-refractivity contribution in [2.75, 3.05) is 18.4 Å². The van der Waals surface area contributed by atoms with Gasteiger partial charge in [-0.3, -0.25) is 9.48 Å². The van der Waals surface area contributed by atoms with E-state index in [0.29, 0.717) is 25.6 Å². The number of hydrogen-bond acceptors (Lipinski definition) is 4. The average Bonchev–Trinajstić information content (AvgIpc) is 3.08. The van der Waals surface area contributed by atoms with E-state index in [0.717, 1.165) is 12.8 Å². The third-order valence-electron chi connectivity index (χ3n) is 4.71. The zero-order valence-electron chi connectivity index (χ0n) is 15.4. The summed E-state index contributed by atoms with van der Waals surface area (Å²) >= 11 is 0. The van der Waals surface area contributed by atoms with Gasteiger partial charge in [-0.2, -0.15) is 9.40 Å². The number of aryl methyl sites for hydroxylation is 1. The molecule has 1 aliphatic rings. The first-order valence-corrected chi connectivity index (χ1v) is 10.4. The molecule has 3 rings (SSSR count). The molecule has 0 radical (unpaired) electrons. The van der Waals surface area contributed by atoms with Gasteiger partial charge in [-0.05, 0) is 43.9 Å². The van der Waals surface area contributed by atoms with E-state index in [9.17, 15) is 17.6 Å². The third-order valence-corrected chi connectivity index (χ3v) is 6.54. The van der Waals surface area contributed by atoms with E-state index in [-0.39, 0.29) is 16.3 Å². The Morgan fingerprint density at radius 2 is 2.04 bits per heavy atom. The molecule has 1 aromatic heterocycles. The van der Waals surface area contributed by atoms with Gasteiger partial charge in [0.2, 0.25) is 5.03 Å². The zero-order valence-corrected chi connectivity index (χ0v) is 16.2. The Labute approximate surface area is 158 Å². The Hall–Kier alpha value is -2.26. The van der Waals surface area contributed by atoms with Crippen molar-refractivity contribution in [1.29, 1.82) is 0 Å². The fraction of sp³-hybridized carbons (Fsp3) is 0.444. The van der Waals surface area contributed by atoms with Gasteiger partial charge in [-0.25, -0.2) is 12.8 Å². The van der Waals surface area contributed by atoms with Crippen LogP contribution >= 0.6 is 0 Å². The van der Waals surface area contributed by atoms with Crippen LogP contribution in [0.4, 0.5) is 10.1 Å². The summed E-state index contributed by atoms with van der Waals surface area (Å²) in [5.41, 5.74) is 0.208. The lowest BCUT2D eigenvalue weighted by molar-refractivity contribution is 0.102. The van der Waals surface area contributed by atoms with Crippen LogP contribution in [0.2, 0.25) is 0 Å². The highest BCUT2D eigenvalue weighted by Crippen LogP contribution is 2.25. The molecule has 2 aromatic rings. The van der Waals surface area contributed by atoms with Gasteiger partial charge in [-0.15, -0.1) is 0 Å². The van der Waals surface area contributed by atoms with E-state index < -0.39 is 21.7 Å². The Morgan fingerprint density at radius 1 is 1.33 bits per heavy atom. The van der Waals surface area contributed by atoms with E-state index in [1.165, 1.54) is 39.4 Å². The largest absolute Gasteiger partial charge is 0.322 e. The highest BCUT2D eigenvalue weighted by Gasteiger charge is 2.34. The summed E-state index contributed by atoms with van der Waals surface area (Å²) in [5.74, 6) is -0.656. The highest BCUT2D eigenvalue weighted by molar-refractivity contribution is 7.89. The number of nitrogens with zero attached hydrogens (tertiary/aromatic N) is 3. The summed E-state index contributed by atoms with van der Waals surface area (Å²) < 4.78 is 42.3. The molecule has 0 atom stereocenters. The van der Waals surface area contributed by atoms with E-state index in [4.69, 9.17) is 0 Å². The fourth-order valence-electron chi connectivity index (χ4n) is 3.02. The quantitative estimate of drug-likeness (QED) is 0.845. The molecule has 146 valence electrons. The van der Waals surface area contributed by atoms with Gasteiger partial charge in [0.25, 0.3) is 15.9 Å². The lowest BCUT2D eigenvalue weighted by atomic mass is 10.0. The molecule has 1 N–H and O–H groups in total. The molecule has 1 aliphatic heterocycles. The molecule has 1 aromatic carbocycles. The van der Waals surface area contributed by atoms with Crippen LogP contribution in [0.1, 0.15) is 37.0 Å². The molecule has 27 heavy (non-hydrogen) atoms. The summed E-state index contributed by atoms with van der Waals surface area (Å²) in [6.45, 7) is 5.14. The summed E-state index contributed by atoms with van der Waals surface area (Å²) in [5, 5.41) is 6.41. The molecule has 0 aliphatic carbocycles. The number of rotatable bonds is 5. The van der Waals surface area contributed by atoms with Gasteiger partial charge in [0.15, 0.2) is 0 Å². The number of anilines is 1. The third kappa shape index (κ3) is 4.19. The molecule has 1 saturated heterocycles. The van der Waals surface area contributed by atoms with Gasteiger partial charge in [0.05, 0.1) is 5.56 Å². The molecule has 1 amide bonds. The van der Waals surface area contributed by atoms with Crippen molar-refractivity contribution >= 4 is 21.6 Å². The number of benzene rings is 1. The first-order chi connectivity index (χ1) is 12.8. The second kappa shape index (κ2) is 7.77.